The Labute approximate surface area is 72.0 Å². The fourth-order valence-electron chi connectivity index (χ4n) is 0.807. The highest BCUT2D eigenvalue weighted by atomic mass is 19.4. The Morgan fingerprint density at radius 3 is 2.46 bits per heavy atom. The summed E-state index contributed by atoms with van der Waals surface area (Å²) >= 11 is 0. The highest BCUT2D eigenvalue weighted by molar-refractivity contribution is 5.04. The molecular weight excluding hydrogens is 185 g/mol. The van der Waals surface area contributed by atoms with Gasteiger partial charge < -0.3 is 0 Å². The van der Waals surface area contributed by atoms with E-state index < -0.39 is 12.2 Å². The van der Waals surface area contributed by atoms with Gasteiger partial charge in [0.15, 0.2) is 6.04 Å². The van der Waals surface area contributed by atoms with Gasteiger partial charge in [-0.25, -0.2) is 5.43 Å². The van der Waals surface area contributed by atoms with E-state index >= 15 is 0 Å². The van der Waals surface area contributed by atoms with Crippen LogP contribution < -0.4 is 11.3 Å². The largest absolute Gasteiger partial charge is 0.410 e. The Balaban J connectivity index is 2.92. The summed E-state index contributed by atoms with van der Waals surface area (Å²) in [6.45, 7) is 0. The first-order chi connectivity index (χ1) is 6.05. The SMILES string of the molecule is NNC(c1cnccn1)C(F)(F)F. The average Bonchev–Trinajstić information content (AvgIpc) is 2.05. The van der Waals surface area contributed by atoms with Crippen LogP contribution in [0.4, 0.5) is 13.2 Å². The molecule has 0 saturated heterocycles. The van der Waals surface area contributed by atoms with E-state index in [4.69, 9.17) is 5.84 Å². The van der Waals surface area contributed by atoms with E-state index in [9.17, 15) is 13.2 Å². The molecule has 72 valence electrons. The van der Waals surface area contributed by atoms with Gasteiger partial charge in [0.25, 0.3) is 0 Å². The smallest absolute Gasteiger partial charge is 0.271 e. The second-order valence-electron chi connectivity index (χ2n) is 2.27. The Morgan fingerprint density at radius 2 is 2.08 bits per heavy atom. The van der Waals surface area contributed by atoms with Gasteiger partial charge in [-0.3, -0.25) is 15.8 Å². The molecule has 1 atom stereocenters. The number of nitrogens with two attached hydrogens (primary N) is 1. The van der Waals surface area contributed by atoms with Gasteiger partial charge in [0.1, 0.15) is 0 Å². The molecule has 0 aliphatic rings. The van der Waals surface area contributed by atoms with Crippen molar-refractivity contribution in [3.8, 4) is 0 Å². The van der Waals surface area contributed by atoms with Crippen molar-refractivity contribution in [2.45, 2.75) is 12.2 Å². The van der Waals surface area contributed by atoms with Crippen LogP contribution in [0.3, 0.4) is 0 Å². The van der Waals surface area contributed by atoms with E-state index in [1.54, 1.807) is 5.43 Å². The van der Waals surface area contributed by atoms with Crippen molar-refractivity contribution in [2.75, 3.05) is 0 Å². The van der Waals surface area contributed by atoms with Crippen molar-refractivity contribution < 1.29 is 13.2 Å². The molecule has 0 fully saturated rings. The van der Waals surface area contributed by atoms with Crippen molar-refractivity contribution in [3.05, 3.63) is 24.3 Å². The quantitative estimate of drug-likeness (QED) is 0.530. The van der Waals surface area contributed by atoms with Crippen LogP contribution in [0, 0.1) is 0 Å². The third kappa shape index (κ3) is 2.36. The van der Waals surface area contributed by atoms with Crippen LogP contribution in [-0.4, -0.2) is 16.1 Å². The lowest BCUT2D eigenvalue weighted by Gasteiger charge is -2.17. The van der Waals surface area contributed by atoms with E-state index in [2.05, 4.69) is 9.97 Å². The molecule has 13 heavy (non-hydrogen) atoms. The summed E-state index contributed by atoms with van der Waals surface area (Å²) < 4.78 is 36.6. The molecule has 1 aromatic heterocycles. The van der Waals surface area contributed by atoms with Crippen LogP contribution in [0.1, 0.15) is 11.7 Å². The molecule has 0 aliphatic carbocycles. The minimum absolute atomic E-state index is 0.252. The average molecular weight is 192 g/mol. The van der Waals surface area contributed by atoms with E-state index in [0.29, 0.717) is 0 Å². The molecule has 0 spiro atoms. The van der Waals surface area contributed by atoms with Gasteiger partial charge in [0, 0.05) is 12.4 Å². The van der Waals surface area contributed by atoms with Crippen molar-refractivity contribution in [2.24, 2.45) is 5.84 Å². The molecule has 0 saturated carbocycles. The predicted octanol–water partition coefficient (Wildman–Crippen LogP) is 0.543. The summed E-state index contributed by atoms with van der Waals surface area (Å²) in [6.07, 6.45) is -0.998. The van der Waals surface area contributed by atoms with Gasteiger partial charge in [-0.2, -0.15) is 13.2 Å². The predicted molar refractivity (Wildman–Crippen MR) is 38.2 cm³/mol. The summed E-state index contributed by atoms with van der Waals surface area (Å²) in [5.41, 5.74) is 1.38. The number of nitrogens with zero attached hydrogens (tertiary/aromatic N) is 2. The number of alkyl halides is 3. The molecule has 0 aromatic carbocycles. The van der Waals surface area contributed by atoms with E-state index in [0.717, 1.165) is 6.20 Å². The fraction of sp³-hybridized carbons (Fsp3) is 0.333. The Kier molecular flexibility index (Phi) is 2.79. The molecule has 0 radical (unpaired) electrons. The van der Waals surface area contributed by atoms with E-state index in [1.807, 2.05) is 0 Å². The van der Waals surface area contributed by atoms with E-state index in [1.165, 1.54) is 12.4 Å². The van der Waals surface area contributed by atoms with Crippen LogP contribution in [0.15, 0.2) is 18.6 Å². The number of aromatic nitrogens is 2. The summed E-state index contributed by atoms with van der Waals surface area (Å²) in [7, 11) is 0. The highest BCUT2D eigenvalue weighted by Crippen LogP contribution is 2.30. The van der Waals surface area contributed by atoms with Gasteiger partial charge in [0.05, 0.1) is 11.9 Å². The molecule has 1 unspecified atom stereocenters. The molecule has 0 amide bonds. The van der Waals surface area contributed by atoms with Crippen molar-refractivity contribution >= 4 is 0 Å². The molecule has 1 aromatic rings. The number of nitrogens with one attached hydrogen (secondary N) is 1. The maximum atomic E-state index is 12.2. The second kappa shape index (κ2) is 3.67. The Morgan fingerprint density at radius 1 is 1.38 bits per heavy atom. The third-order valence-corrected chi connectivity index (χ3v) is 1.37. The van der Waals surface area contributed by atoms with Crippen LogP contribution in [0.2, 0.25) is 0 Å². The summed E-state index contributed by atoms with van der Waals surface area (Å²) in [6, 6.07) is -1.97. The number of hydrogen-bond donors (Lipinski definition) is 2. The lowest BCUT2D eigenvalue weighted by atomic mass is 10.2. The minimum atomic E-state index is -4.47. The summed E-state index contributed by atoms with van der Waals surface area (Å²) in [5.74, 6) is 4.75. The molecular formula is C6H7F3N4. The third-order valence-electron chi connectivity index (χ3n) is 1.37. The Hall–Kier alpha value is -1.21. The number of halogens is 3. The van der Waals surface area contributed by atoms with Gasteiger partial charge in [-0.05, 0) is 0 Å². The maximum absolute atomic E-state index is 12.2. The first-order valence-corrected chi connectivity index (χ1v) is 3.34. The zero-order chi connectivity index (χ0) is 9.90. The summed E-state index contributed by atoms with van der Waals surface area (Å²) in [4.78, 5) is 7.00. The molecule has 3 N–H and O–H groups in total. The Bertz CT molecular complexity index is 260. The highest BCUT2D eigenvalue weighted by Gasteiger charge is 2.41. The molecule has 1 rings (SSSR count). The minimum Gasteiger partial charge on any atom is -0.271 e. The van der Waals surface area contributed by atoms with Crippen LogP contribution in [0.25, 0.3) is 0 Å². The van der Waals surface area contributed by atoms with Crippen LogP contribution >= 0.6 is 0 Å². The fourth-order valence-corrected chi connectivity index (χ4v) is 0.807. The number of hydrogen-bond acceptors (Lipinski definition) is 4. The van der Waals surface area contributed by atoms with Crippen LogP contribution in [-0.2, 0) is 0 Å². The van der Waals surface area contributed by atoms with Gasteiger partial charge in [0.2, 0.25) is 0 Å². The van der Waals surface area contributed by atoms with Gasteiger partial charge in [-0.1, -0.05) is 0 Å². The molecule has 4 nitrogen and oxygen atoms in total. The zero-order valence-corrected chi connectivity index (χ0v) is 6.42. The molecule has 0 aliphatic heterocycles. The first kappa shape index (κ1) is 9.87. The zero-order valence-electron chi connectivity index (χ0n) is 6.42. The van der Waals surface area contributed by atoms with Crippen molar-refractivity contribution in [1.82, 2.24) is 15.4 Å². The molecule has 7 heteroatoms. The van der Waals surface area contributed by atoms with E-state index in [-0.39, 0.29) is 5.69 Å². The van der Waals surface area contributed by atoms with Crippen molar-refractivity contribution in [3.63, 3.8) is 0 Å². The standard InChI is InChI=1S/C6H7F3N4/c7-6(8,9)5(13-10)4-3-11-1-2-12-4/h1-3,5,13H,10H2. The van der Waals surface area contributed by atoms with Gasteiger partial charge in [-0.15, -0.1) is 0 Å². The number of hydrazine groups is 1. The monoisotopic (exact) mass is 192 g/mol. The topological polar surface area (TPSA) is 63.8 Å². The summed E-state index contributed by atoms with van der Waals surface area (Å²) in [5, 5.41) is 0. The number of rotatable bonds is 2. The normalized spacial score (nSPS) is 14.2. The maximum Gasteiger partial charge on any atom is 0.410 e. The lowest BCUT2D eigenvalue weighted by Crippen LogP contribution is -2.39. The van der Waals surface area contributed by atoms with Crippen molar-refractivity contribution in [1.29, 1.82) is 0 Å². The van der Waals surface area contributed by atoms with Crippen LogP contribution in [0.5, 0.6) is 0 Å². The molecule has 1 heterocycles. The van der Waals surface area contributed by atoms with Gasteiger partial charge >= 0.3 is 6.18 Å². The first-order valence-electron chi connectivity index (χ1n) is 3.34. The second-order valence-corrected chi connectivity index (χ2v) is 2.27. The lowest BCUT2D eigenvalue weighted by molar-refractivity contribution is -0.158. The molecule has 0 bridgehead atoms.